The van der Waals surface area contributed by atoms with Gasteiger partial charge in [-0.1, -0.05) is 24.6 Å². The predicted molar refractivity (Wildman–Crippen MR) is 56.7 cm³/mol. The fraction of sp³-hybridized carbons (Fsp3) is 0.556. The molecule has 0 aliphatic rings. The Hall–Kier alpha value is -0.180. The van der Waals surface area contributed by atoms with E-state index in [1.165, 1.54) is 0 Å². The van der Waals surface area contributed by atoms with Crippen molar-refractivity contribution < 1.29 is 0 Å². The Morgan fingerprint density at radius 1 is 1.36 bits per heavy atom. The van der Waals surface area contributed by atoms with Crippen LogP contribution in [-0.2, 0) is 0 Å². The Kier molecular flexibility index (Phi) is 7.79. The van der Waals surface area contributed by atoms with Gasteiger partial charge in [-0.3, -0.25) is 0 Å². The van der Waals surface area contributed by atoms with Crippen molar-refractivity contribution in [1.29, 1.82) is 0 Å². The van der Waals surface area contributed by atoms with Crippen LogP contribution in [0.25, 0.3) is 0 Å². The van der Waals surface area contributed by atoms with E-state index in [4.69, 9.17) is 0 Å². The lowest BCUT2D eigenvalue weighted by molar-refractivity contribution is 1.31. The summed E-state index contributed by atoms with van der Waals surface area (Å²) in [5.74, 6) is 9.66. The van der Waals surface area contributed by atoms with E-state index in [2.05, 4.69) is 36.9 Å². The van der Waals surface area contributed by atoms with E-state index in [-0.39, 0.29) is 0 Å². The summed E-state index contributed by atoms with van der Waals surface area (Å²) < 4.78 is 0. The summed E-state index contributed by atoms with van der Waals surface area (Å²) in [7, 11) is 0. The van der Waals surface area contributed by atoms with Crippen molar-refractivity contribution >= 4 is 23.5 Å². The Balaban J connectivity index is 3.64. The normalized spacial score (nSPS) is 10.5. The minimum Gasteiger partial charge on any atom is -0.149 e. The summed E-state index contributed by atoms with van der Waals surface area (Å²) in [5.41, 5.74) is 0. The first-order chi connectivity index (χ1) is 5.31. The SMILES string of the molecule is CCSC#CC#CC(C)SC. The molecule has 0 spiro atoms. The van der Waals surface area contributed by atoms with Gasteiger partial charge in [-0.15, -0.1) is 11.8 Å². The molecule has 0 saturated carbocycles. The Labute approximate surface area is 77.9 Å². The average Bonchev–Trinajstić information content (AvgIpc) is 2.04. The van der Waals surface area contributed by atoms with E-state index in [0.29, 0.717) is 5.25 Å². The fourth-order valence-electron chi connectivity index (χ4n) is 0.330. The molecule has 0 fully saturated rings. The van der Waals surface area contributed by atoms with Gasteiger partial charge in [-0.2, -0.15) is 0 Å². The standard InChI is InChI=1S/C9H12S2/c1-4-11-8-6-5-7-9(2)10-3/h9H,4H2,1-3H3. The van der Waals surface area contributed by atoms with Gasteiger partial charge in [0.1, 0.15) is 0 Å². The molecule has 0 bridgehead atoms. The molecule has 0 aromatic heterocycles. The lowest BCUT2D eigenvalue weighted by Crippen LogP contribution is -1.86. The van der Waals surface area contributed by atoms with Gasteiger partial charge in [0, 0.05) is 5.75 Å². The van der Waals surface area contributed by atoms with Crippen LogP contribution in [0.3, 0.4) is 0 Å². The summed E-state index contributed by atoms with van der Waals surface area (Å²) in [6.07, 6.45) is 2.05. The second kappa shape index (κ2) is 7.92. The van der Waals surface area contributed by atoms with Crippen molar-refractivity contribution in [1.82, 2.24) is 0 Å². The molecule has 0 aromatic rings. The Morgan fingerprint density at radius 3 is 2.64 bits per heavy atom. The molecule has 0 aliphatic heterocycles. The highest BCUT2D eigenvalue weighted by molar-refractivity contribution is 8.03. The molecule has 2 heteroatoms. The number of hydrogen-bond donors (Lipinski definition) is 0. The maximum atomic E-state index is 3.02. The maximum Gasteiger partial charge on any atom is 0.0636 e. The van der Waals surface area contributed by atoms with E-state index >= 15 is 0 Å². The molecule has 0 amide bonds. The van der Waals surface area contributed by atoms with Gasteiger partial charge in [0.05, 0.1) is 5.25 Å². The van der Waals surface area contributed by atoms with Crippen LogP contribution < -0.4 is 0 Å². The average molecular weight is 184 g/mol. The van der Waals surface area contributed by atoms with E-state index < -0.39 is 0 Å². The van der Waals surface area contributed by atoms with Crippen LogP contribution in [0.2, 0.25) is 0 Å². The highest BCUT2D eigenvalue weighted by atomic mass is 32.2. The van der Waals surface area contributed by atoms with E-state index in [0.717, 1.165) is 5.75 Å². The first-order valence-electron chi connectivity index (χ1n) is 3.46. The predicted octanol–water partition coefficient (Wildman–Crippen LogP) is 2.46. The second-order valence-corrected chi connectivity index (χ2v) is 4.06. The first-order valence-corrected chi connectivity index (χ1v) is 5.73. The molecule has 60 valence electrons. The number of rotatable bonds is 2. The van der Waals surface area contributed by atoms with Gasteiger partial charge in [-0.05, 0) is 30.3 Å². The van der Waals surface area contributed by atoms with Crippen molar-refractivity contribution in [2.45, 2.75) is 19.1 Å². The lowest BCUT2D eigenvalue weighted by Gasteiger charge is -1.91. The van der Waals surface area contributed by atoms with E-state index in [1.54, 1.807) is 23.5 Å². The minimum atomic E-state index is 0.399. The van der Waals surface area contributed by atoms with Gasteiger partial charge >= 0.3 is 0 Å². The molecule has 0 radical (unpaired) electrons. The summed E-state index contributed by atoms with van der Waals surface area (Å²) in [4.78, 5) is 0. The highest BCUT2D eigenvalue weighted by Gasteiger charge is 1.87. The zero-order valence-corrected chi connectivity index (χ0v) is 8.73. The molecule has 1 atom stereocenters. The molecular formula is C9H12S2. The second-order valence-electron chi connectivity index (χ2n) is 1.81. The van der Waals surface area contributed by atoms with Gasteiger partial charge in [0.25, 0.3) is 0 Å². The monoisotopic (exact) mass is 184 g/mol. The van der Waals surface area contributed by atoms with Crippen molar-refractivity contribution in [3.63, 3.8) is 0 Å². The van der Waals surface area contributed by atoms with Crippen molar-refractivity contribution in [2.75, 3.05) is 12.0 Å². The zero-order valence-electron chi connectivity index (χ0n) is 7.10. The molecule has 0 saturated heterocycles. The largest absolute Gasteiger partial charge is 0.149 e. The van der Waals surface area contributed by atoms with Gasteiger partial charge in [0.2, 0.25) is 0 Å². The van der Waals surface area contributed by atoms with Crippen LogP contribution in [0.1, 0.15) is 13.8 Å². The molecule has 0 nitrogen and oxygen atoms in total. The third kappa shape index (κ3) is 7.72. The Bertz CT molecular complexity index is 199. The minimum absolute atomic E-state index is 0.399. The van der Waals surface area contributed by atoms with Crippen LogP contribution in [0.15, 0.2) is 0 Å². The molecule has 1 unspecified atom stereocenters. The summed E-state index contributed by atoms with van der Waals surface area (Å²) in [6.45, 7) is 4.16. The number of thioether (sulfide) groups is 2. The zero-order chi connectivity index (χ0) is 8.53. The molecule has 0 heterocycles. The number of hydrogen-bond acceptors (Lipinski definition) is 2. The summed E-state index contributed by atoms with van der Waals surface area (Å²) in [5, 5.41) is 3.30. The van der Waals surface area contributed by atoms with Crippen LogP contribution in [0, 0.1) is 23.0 Å². The Morgan fingerprint density at radius 2 is 2.09 bits per heavy atom. The highest BCUT2D eigenvalue weighted by Crippen LogP contribution is 2.01. The molecule has 0 N–H and O–H groups in total. The molecule has 0 rings (SSSR count). The fourth-order valence-corrected chi connectivity index (χ4v) is 0.775. The molecule has 11 heavy (non-hydrogen) atoms. The van der Waals surface area contributed by atoms with Gasteiger partial charge in [0.15, 0.2) is 0 Å². The topological polar surface area (TPSA) is 0 Å². The van der Waals surface area contributed by atoms with E-state index in [9.17, 15) is 0 Å². The van der Waals surface area contributed by atoms with Gasteiger partial charge in [-0.25, -0.2) is 0 Å². The molecule has 0 aliphatic carbocycles. The van der Waals surface area contributed by atoms with Crippen LogP contribution in [-0.4, -0.2) is 17.3 Å². The van der Waals surface area contributed by atoms with Crippen LogP contribution >= 0.6 is 23.5 Å². The maximum absolute atomic E-state index is 3.02. The summed E-state index contributed by atoms with van der Waals surface area (Å²) >= 11 is 3.34. The summed E-state index contributed by atoms with van der Waals surface area (Å²) in [6, 6.07) is 0. The lowest BCUT2D eigenvalue weighted by atomic mass is 10.5. The van der Waals surface area contributed by atoms with Crippen LogP contribution in [0.4, 0.5) is 0 Å². The first kappa shape index (κ1) is 10.8. The molecular weight excluding hydrogens is 172 g/mol. The quantitative estimate of drug-likeness (QED) is 0.605. The third-order valence-corrected chi connectivity index (χ3v) is 2.32. The van der Waals surface area contributed by atoms with Crippen molar-refractivity contribution in [2.24, 2.45) is 0 Å². The van der Waals surface area contributed by atoms with Crippen LogP contribution in [0.5, 0.6) is 0 Å². The third-order valence-electron chi connectivity index (χ3n) is 0.959. The smallest absolute Gasteiger partial charge is 0.0636 e. The van der Waals surface area contributed by atoms with Crippen molar-refractivity contribution in [3.05, 3.63) is 0 Å². The van der Waals surface area contributed by atoms with Gasteiger partial charge < -0.3 is 0 Å². The molecule has 0 aromatic carbocycles. The van der Waals surface area contributed by atoms with Crippen molar-refractivity contribution in [3.8, 4) is 23.0 Å². The van der Waals surface area contributed by atoms with E-state index in [1.807, 2.05) is 6.26 Å².